The SMILES string of the molecule is O=C(O)c1cnc(C2CC3CCC2O3)nc1C1CC1. The van der Waals surface area contributed by atoms with Crippen LogP contribution in [-0.4, -0.2) is 33.3 Å². The van der Waals surface area contributed by atoms with E-state index in [1.54, 1.807) is 0 Å². The normalized spacial score (nSPS) is 32.7. The van der Waals surface area contributed by atoms with Crippen molar-refractivity contribution in [1.82, 2.24) is 9.97 Å². The fourth-order valence-corrected chi connectivity index (χ4v) is 3.33. The number of hydrogen-bond acceptors (Lipinski definition) is 4. The maximum atomic E-state index is 11.2. The van der Waals surface area contributed by atoms with E-state index in [2.05, 4.69) is 9.97 Å². The van der Waals surface area contributed by atoms with Crippen LogP contribution in [0.2, 0.25) is 0 Å². The Morgan fingerprint density at radius 1 is 1.32 bits per heavy atom. The Bertz CT molecular complexity index is 541. The first kappa shape index (κ1) is 11.3. The van der Waals surface area contributed by atoms with Crippen molar-refractivity contribution in [2.24, 2.45) is 0 Å². The molecule has 3 atom stereocenters. The third kappa shape index (κ3) is 1.84. The smallest absolute Gasteiger partial charge is 0.339 e. The molecule has 3 heterocycles. The fraction of sp³-hybridized carbons (Fsp3) is 0.643. The van der Waals surface area contributed by atoms with Crippen LogP contribution in [0.4, 0.5) is 0 Å². The highest BCUT2D eigenvalue weighted by atomic mass is 16.5. The van der Waals surface area contributed by atoms with E-state index in [9.17, 15) is 9.90 Å². The van der Waals surface area contributed by atoms with Crippen LogP contribution < -0.4 is 0 Å². The molecule has 4 rings (SSSR count). The van der Waals surface area contributed by atoms with E-state index in [1.807, 2.05) is 0 Å². The quantitative estimate of drug-likeness (QED) is 0.900. The van der Waals surface area contributed by atoms with Crippen LogP contribution >= 0.6 is 0 Å². The molecule has 0 aromatic carbocycles. The fourth-order valence-electron chi connectivity index (χ4n) is 3.33. The molecule has 1 aromatic heterocycles. The highest BCUT2D eigenvalue weighted by Gasteiger charge is 2.43. The number of rotatable bonds is 3. The minimum atomic E-state index is -0.919. The first-order chi connectivity index (χ1) is 9.22. The number of ether oxygens (including phenoxy) is 1. The second-order valence-electron chi connectivity index (χ2n) is 5.82. The monoisotopic (exact) mass is 260 g/mol. The van der Waals surface area contributed by atoms with Gasteiger partial charge in [-0.05, 0) is 32.1 Å². The predicted molar refractivity (Wildman–Crippen MR) is 66.2 cm³/mol. The molecule has 2 bridgehead atoms. The average molecular weight is 260 g/mol. The molecule has 1 N–H and O–H groups in total. The summed E-state index contributed by atoms with van der Waals surface area (Å²) < 4.78 is 5.84. The van der Waals surface area contributed by atoms with Gasteiger partial charge in [0.2, 0.25) is 0 Å². The van der Waals surface area contributed by atoms with E-state index in [0.29, 0.717) is 12.0 Å². The van der Waals surface area contributed by atoms with Crippen molar-refractivity contribution in [2.45, 2.75) is 56.1 Å². The molecular weight excluding hydrogens is 244 g/mol. The summed E-state index contributed by atoms with van der Waals surface area (Å²) in [5.74, 6) is 0.461. The van der Waals surface area contributed by atoms with Gasteiger partial charge in [-0.1, -0.05) is 0 Å². The minimum absolute atomic E-state index is 0.243. The molecule has 2 saturated heterocycles. The molecule has 5 nitrogen and oxygen atoms in total. The van der Waals surface area contributed by atoms with Crippen molar-refractivity contribution in [3.63, 3.8) is 0 Å². The number of aromatic nitrogens is 2. The Labute approximate surface area is 111 Å². The standard InChI is InChI=1S/C14H16N2O3/c17-14(18)10-6-15-13(16-12(10)7-1-2-7)9-5-8-3-4-11(9)19-8/h6-9,11H,1-5H2,(H,17,18). The van der Waals surface area contributed by atoms with Crippen molar-refractivity contribution >= 4 is 5.97 Å². The van der Waals surface area contributed by atoms with Crippen molar-refractivity contribution < 1.29 is 14.6 Å². The zero-order valence-corrected chi connectivity index (χ0v) is 10.6. The third-order valence-corrected chi connectivity index (χ3v) is 4.47. The summed E-state index contributed by atoms with van der Waals surface area (Å²) in [6.45, 7) is 0. The van der Waals surface area contributed by atoms with Gasteiger partial charge in [0, 0.05) is 18.0 Å². The largest absolute Gasteiger partial charge is 0.478 e. The number of fused-ring (bicyclic) bond motifs is 2. The lowest BCUT2D eigenvalue weighted by Crippen LogP contribution is -2.19. The van der Waals surface area contributed by atoms with E-state index in [0.717, 1.165) is 43.6 Å². The molecule has 3 fully saturated rings. The summed E-state index contributed by atoms with van der Waals surface area (Å²) in [4.78, 5) is 20.1. The van der Waals surface area contributed by atoms with Crippen molar-refractivity contribution in [3.8, 4) is 0 Å². The van der Waals surface area contributed by atoms with E-state index in [4.69, 9.17) is 4.74 Å². The van der Waals surface area contributed by atoms with E-state index >= 15 is 0 Å². The lowest BCUT2D eigenvalue weighted by atomic mass is 9.88. The molecule has 19 heavy (non-hydrogen) atoms. The molecule has 100 valence electrons. The van der Waals surface area contributed by atoms with Crippen molar-refractivity contribution in [1.29, 1.82) is 0 Å². The maximum absolute atomic E-state index is 11.2. The Morgan fingerprint density at radius 2 is 2.16 bits per heavy atom. The van der Waals surface area contributed by atoms with E-state index < -0.39 is 5.97 Å². The molecule has 1 aromatic rings. The highest BCUT2D eigenvalue weighted by molar-refractivity contribution is 5.88. The average Bonchev–Trinajstić information content (AvgIpc) is 3.05. The predicted octanol–water partition coefficient (Wildman–Crippen LogP) is 2.09. The minimum Gasteiger partial charge on any atom is -0.478 e. The number of nitrogens with zero attached hydrogens (tertiary/aromatic N) is 2. The zero-order chi connectivity index (χ0) is 13.0. The summed E-state index contributed by atoms with van der Waals surface area (Å²) in [7, 11) is 0. The van der Waals surface area contributed by atoms with Gasteiger partial charge in [0.05, 0.1) is 23.5 Å². The molecule has 0 radical (unpaired) electrons. The van der Waals surface area contributed by atoms with Crippen LogP contribution in [0.1, 0.15) is 65.8 Å². The second kappa shape index (κ2) is 4.00. The van der Waals surface area contributed by atoms with Gasteiger partial charge in [0.15, 0.2) is 0 Å². The molecule has 5 heteroatoms. The summed E-state index contributed by atoms with van der Waals surface area (Å²) >= 11 is 0. The van der Waals surface area contributed by atoms with E-state index in [-0.39, 0.29) is 17.6 Å². The highest BCUT2D eigenvalue weighted by Crippen LogP contribution is 2.45. The van der Waals surface area contributed by atoms with Crippen LogP contribution in [0.25, 0.3) is 0 Å². The topological polar surface area (TPSA) is 72.3 Å². The number of hydrogen-bond donors (Lipinski definition) is 1. The van der Waals surface area contributed by atoms with Gasteiger partial charge < -0.3 is 9.84 Å². The van der Waals surface area contributed by atoms with Gasteiger partial charge in [0.1, 0.15) is 5.82 Å². The van der Waals surface area contributed by atoms with Gasteiger partial charge in [-0.3, -0.25) is 0 Å². The number of carboxylic acids is 1. The third-order valence-electron chi connectivity index (χ3n) is 4.47. The lowest BCUT2D eigenvalue weighted by Gasteiger charge is -2.18. The van der Waals surface area contributed by atoms with Gasteiger partial charge in [-0.2, -0.15) is 0 Å². The first-order valence-electron chi connectivity index (χ1n) is 6.98. The maximum Gasteiger partial charge on any atom is 0.339 e. The second-order valence-corrected chi connectivity index (χ2v) is 5.82. The Kier molecular flexibility index (Phi) is 2.39. The summed E-state index contributed by atoms with van der Waals surface area (Å²) in [6.07, 6.45) is 7.40. The first-order valence-corrected chi connectivity index (χ1v) is 6.98. The van der Waals surface area contributed by atoms with Crippen LogP contribution in [-0.2, 0) is 4.74 Å². The Morgan fingerprint density at radius 3 is 2.74 bits per heavy atom. The van der Waals surface area contributed by atoms with Crippen LogP contribution in [0.15, 0.2) is 6.20 Å². The summed E-state index contributed by atoms with van der Waals surface area (Å²) in [6, 6.07) is 0. The van der Waals surface area contributed by atoms with Crippen molar-refractivity contribution in [2.75, 3.05) is 0 Å². The van der Waals surface area contributed by atoms with Crippen LogP contribution in [0.5, 0.6) is 0 Å². The number of carbonyl (C=O) groups is 1. The van der Waals surface area contributed by atoms with Crippen LogP contribution in [0, 0.1) is 0 Å². The van der Waals surface area contributed by atoms with Gasteiger partial charge in [-0.25, -0.2) is 14.8 Å². The summed E-state index contributed by atoms with van der Waals surface area (Å²) in [5.41, 5.74) is 1.01. The van der Waals surface area contributed by atoms with Gasteiger partial charge >= 0.3 is 5.97 Å². The Balaban J connectivity index is 1.70. The van der Waals surface area contributed by atoms with Crippen LogP contribution in [0.3, 0.4) is 0 Å². The molecule has 3 unspecified atom stereocenters. The van der Waals surface area contributed by atoms with E-state index in [1.165, 1.54) is 6.20 Å². The zero-order valence-electron chi connectivity index (χ0n) is 10.6. The number of aromatic carboxylic acids is 1. The Hall–Kier alpha value is -1.49. The van der Waals surface area contributed by atoms with Gasteiger partial charge in [-0.15, -0.1) is 0 Å². The number of carboxylic acid groups (broad SMARTS) is 1. The molecule has 0 spiro atoms. The molecule has 0 amide bonds. The molecule has 2 aliphatic heterocycles. The van der Waals surface area contributed by atoms with Gasteiger partial charge in [0.25, 0.3) is 0 Å². The molecular formula is C14H16N2O3. The summed E-state index contributed by atoms with van der Waals surface area (Å²) in [5, 5.41) is 9.20. The molecule has 1 aliphatic carbocycles. The van der Waals surface area contributed by atoms with Crippen molar-refractivity contribution in [3.05, 3.63) is 23.3 Å². The molecule has 3 aliphatic rings. The lowest BCUT2D eigenvalue weighted by molar-refractivity contribution is 0.0694. The molecule has 1 saturated carbocycles.